The van der Waals surface area contributed by atoms with Crippen LogP contribution in [0.1, 0.15) is 25.0 Å². The van der Waals surface area contributed by atoms with Crippen LogP contribution in [0, 0.1) is 5.82 Å². The van der Waals surface area contributed by atoms with Crippen molar-refractivity contribution in [1.82, 2.24) is 10.2 Å². The predicted molar refractivity (Wildman–Crippen MR) is 176 cm³/mol. The number of nitrogens with zero attached hydrogens (tertiary/aromatic N) is 2. The van der Waals surface area contributed by atoms with Gasteiger partial charge in [0, 0.05) is 23.5 Å². The van der Waals surface area contributed by atoms with Gasteiger partial charge < -0.3 is 15.0 Å². The maximum atomic E-state index is 14.4. The molecule has 0 radical (unpaired) electrons. The van der Waals surface area contributed by atoms with Crippen LogP contribution in [-0.2, 0) is 32.6 Å². The van der Waals surface area contributed by atoms with Crippen molar-refractivity contribution in [1.29, 1.82) is 0 Å². The summed E-state index contributed by atoms with van der Waals surface area (Å²) in [5.41, 5.74) is 1.67. The molecule has 0 aliphatic rings. The highest BCUT2D eigenvalue weighted by Gasteiger charge is 2.35. The summed E-state index contributed by atoms with van der Waals surface area (Å²) >= 11 is 3.43. The predicted octanol–water partition coefficient (Wildman–Crippen LogP) is 5.96. The molecule has 1 unspecified atom stereocenters. The Hall–Kier alpha value is -4.22. The Morgan fingerprint density at radius 2 is 1.49 bits per heavy atom. The molecule has 0 heterocycles. The second kappa shape index (κ2) is 15.2. The molecule has 0 aliphatic heterocycles. The summed E-state index contributed by atoms with van der Waals surface area (Å²) in [5.74, 6) is -1.08. The molecule has 11 heteroatoms. The van der Waals surface area contributed by atoms with E-state index < -0.39 is 34.3 Å². The number of amides is 2. The molecular weight excluding hydrogens is 661 g/mol. The highest BCUT2D eigenvalue weighted by atomic mass is 79.9. The Balaban J connectivity index is 1.79. The van der Waals surface area contributed by atoms with Gasteiger partial charge in [-0.25, -0.2) is 12.8 Å². The van der Waals surface area contributed by atoms with E-state index in [1.165, 1.54) is 48.4 Å². The van der Waals surface area contributed by atoms with Gasteiger partial charge >= 0.3 is 0 Å². The molecule has 0 saturated heterocycles. The molecule has 1 atom stereocenters. The molecule has 8 nitrogen and oxygen atoms in total. The number of ether oxygens (including phenoxy) is 1. The molecular formula is C34H35BrFN3O5S. The van der Waals surface area contributed by atoms with Crippen molar-refractivity contribution in [3.63, 3.8) is 0 Å². The lowest BCUT2D eigenvalue weighted by atomic mass is 10.0. The van der Waals surface area contributed by atoms with Crippen LogP contribution < -0.4 is 14.4 Å². The molecule has 4 aromatic carbocycles. The Labute approximate surface area is 272 Å². The van der Waals surface area contributed by atoms with Gasteiger partial charge in [-0.1, -0.05) is 58.4 Å². The van der Waals surface area contributed by atoms with Crippen LogP contribution >= 0.6 is 15.9 Å². The highest BCUT2D eigenvalue weighted by molar-refractivity contribution is 9.10. The molecule has 0 fully saturated rings. The topological polar surface area (TPSA) is 96.0 Å². The minimum atomic E-state index is -4.32. The van der Waals surface area contributed by atoms with E-state index in [-0.39, 0.29) is 35.5 Å². The van der Waals surface area contributed by atoms with E-state index in [0.29, 0.717) is 5.75 Å². The molecule has 4 rings (SSSR count). The van der Waals surface area contributed by atoms with Gasteiger partial charge in [0.05, 0.1) is 17.7 Å². The van der Waals surface area contributed by atoms with Crippen LogP contribution in [0.4, 0.5) is 10.1 Å². The molecule has 0 spiro atoms. The summed E-state index contributed by atoms with van der Waals surface area (Å²) in [5, 5.41) is 2.93. The minimum absolute atomic E-state index is 0.0367. The van der Waals surface area contributed by atoms with Crippen LogP contribution in [0.3, 0.4) is 0 Å². The first-order chi connectivity index (χ1) is 21.5. The second-order valence-corrected chi connectivity index (χ2v) is 13.5. The quantitative estimate of drug-likeness (QED) is 0.186. The zero-order chi connectivity index (χ0) is 32.6. The van der Waals surface area contributed by atoms with Gasteiger partial charge in [-0.2, -0.15) is 0 Å². The van der Waals surface area contributed by atoms with Gasteiger partial charge in [0.25, 0.3) is 10.0 Å². The van der Waals surface area contributed by atoms with Crippen LogP contribution in [0.2, 0.25) is 0 Å². The van der Waals surface area contributed by atoms with Crippen LogP contribution in [0.15, 0.2) is 112 Å². The summed E-state index contributed by atoms with van der Waals surface area (Å²) in [6.45, 7) is 3.05. The standard InChI is InChI=1S/C34H35BrFN3O5S/c1-24(2)37-34(41)32(21-25-7-5-4-6-8-25)38(22-26-9-11-27(35)12-10-26)33(40)23-39(29-15-13-28(36)14-16-29)45(42,43)31-19-17-30(44-3)18-20-31/h4-20,24,32H,21-23H2,1-3H3,(H,37,41). The fraction of sp³-hybridized carbons (Fsp3) is 0.235. The van der Waals surface area contributed by atoms with E-state index in [0.717, 1.165) is 32.0 Å². The first kappa shape index (κ1) is 33.7. The molecule has 0 aliphatic carbocycles. The maximum Gasteiger partial charge on any atom is 0.264 e. The second-order valence-electron chi connectivity index (χ2n) is 10.7. The monoisotopic (exact) mass is 695 g/mol. The summed E-state index contributed by atoms with van der Waals surface area (Å²) in [6.07, 6.45) is 0.198. The van der Waals surface area contributed by atoms with Gasteiger partial charge in [0.2, 0.25) is 11.8 Å². The SMILES string of the molecule is COc1ccc(S(=O)(=O)N(CC(=O)N(Cc2ccc(Br)cc2)C(Cc2ccccc2)C(=O)NC(C)C)c2ccc(F)cc2)cc1. The molecule has 45 heavy (non-hydrogen) atoms. The number of hydrogen-bond donors (Lipinski definition) is 1. The number of methoxy groups -OCH3 is 1. The molecule has 2 amide bonds. The first-order valence-electron chi connectivity index (χ1n) is 14.3. The molecule has 1 N–H and O–H groups in total. The molecule has 4 aromatic rings. The largest absolute Gasteiger partial charge is 0.497 e. The minimum Gasteiger partial charge on any atom is -0.497 e. The van der Waals surface area contributed by atoms with Gasteiger partial charge in [0.1, 0.15) is 24.2 Å². The average Bonchev–Trinajstić information content (AvgIpc) is 3.03. The van der Waals surface area contributed by atoms with Crippen LogP contribution in [0.25, 0.3) is 0 Å². The Bertz CT molecular complexity index is 1690. The number of carbonyl (C=O) groups excluding carboxylic acids is 2. The third-order valence-electron chi connectivity index (χ3n) is 7.01. The lowest BCUT2D eigenvalue weighted by molar-refractivity contribution is -0.140. The number of benzene rings is 4. The van der Waals surface area contributed by atoms with Crippen molar-refractivity contribution in [3.8, 4) is 5.75 Å². The van der Waals surface area contributed by atoms with Gasteiger partial charge in [-0.15, -0.1) is 0 Å². The maximum absolute atomic E-state index is 14.4. The van der Waals surface area contributed by atoms with Gasteiger partial charge in [-0.3, -0.25) is 13.9 Å². The van der Waals surface area contributed by atoms with Gasteiger partial charge in [0.15, 0.2) is 0 Å². The van der Waals surface area contributed by atoms with Crippen molar-refractivity contribution >= 4 is 43.5 Å². The number of anilines is 1. The van der Waals surface area contributed by atoms with Crippen molar-refractivity contribution < 1.29 is 27.1 Å². The average molecular weight is 697 g/mol. The van der Waals surface area contributed by atoms with Gasteiger partial charge in [-0.05, 0) is 85.6 Å². The number of hydrogen-bond acceptors (Lipinski definition) is 5. The lowest BCUT2D eigenvalue weighted by Gasteiger charge is -2.34. The van der Waals surface area contributed by atoms with Crippen molar-refractivity contribution in [2.45, 2.75) is 43.8 Å². The van der Waals surface area contributed by atoms with E-state index in [4.69, 9.17) is 4.74 Å². The summed E-state index contributed by atoms with van der Waals surface area (Å²) in [6, 6.07) is 26.1. The van der Waals surface area contributed by atoms with E-state index in [1.807, 2.05) is 68.4 Å². The highest BCUT2D eigenvalue weighted by Crippen LogP contribution is 2.27. The van der Waals surface area contributed by atoms with Crippen molar-refractivity contribution in [3.05, 3.63) is 125 Å². The Morgan fingerprint density at radius 1 is 0.867 bits per heavy atom. The number of carbonyl (C=O) groups is 2. The number of sulfonamides is 1. The number of rotatable bonds is 13. The third kappa shape index (κ3) is 8.92. The van der Waals surface area contributed by atoms with Crippen LogP contribution in [0.5, 0.6) is 5.75 Å². The van der Waals surface area contributed by atoms with Crippen LogP contribution in [-0.4, -0.2) is 50.9 Å². The van der Waals surface area contributed by atoms with E-state index >= 15 is 0 Å². The van der Waals surface area contributed by atoms with E-state index in [1.54, 1.807) is 0 Å². The zero-order valence-electron chi connectivity index (χ0n) is 25.2. The summed E-state index contributed by atoms with van der Waals surface area (Å²) in [7, 11) is -2.86. The molecule has 0 saturated carbocycles. The van der Waals surface area contributed by atoms with E-state index in [2.05, 4.69) is 21.2 Å². The Morgan fingerprint density at radius 3 is 2.07 bits per heavy atom. The first-order valence-corrected chi connectivity index (χ1v) is 16.5. The lowest BCUT2D eigenvalue weighted by Crippen LogP contribution is -2.54. The fourth-order valence-electron chi connectivity index (χ4n) is 4.73. The summed E-state index contributed by atoms with van der Waals surface area (Å²) < 4.78 is 49.0. The van der Waals surface area contributed by atoms with Crippen molar-refractivity contribution in [2.75, 3.05) is 18.0 Å². The Kier molecular flexibility index (Phi) is 11.4. The number of nitrogens with one attached hydrogen (secondary N) is 1. The molecule has 236 valence electrons. The van der Waals surface area contributed by atoms with Crippen molar-refractivity contribution in [2.24, 2.45) is 0 Å². The fourth-order valence-corrected chi connectivity index (χ4v) is 6.41. The smallest absolute Gasteiger partial charge is 0.264 e. The number of halogens is 2. The zero-order valence-corrected chi connectivity index (χ0v) is 27.6. The third-order valence-corrected chi connectivity index (χ3v) is 9.33. The molecule has 0 aromatic heterocycles. The summed E-state index contributed by atoms with van der Waals surface area (Å²) in [4.78, 5) is 29.5. The van der Waals surface area contributed by atoms with E-state index in [9.17, 15) is 22.4 Å². The normalized spacial score (nSPS) is 12.0. The molecule has 0 bridgehead atoms.